The largest absolute Gasteiger partial charge is 0.390 e. The molecule has 0 amide bonds. The monoisotopic (exact) mass is 458 g/mol. The zero-order valence-corrected chi connectivity index (χ0v) is 21.9. The molecule has 1 aliphatic heterocycles. The van der Waals surface area contributed by atoms with Crippen molar-refractivity contribution in [3.8, 4) is 0 Å². The van der Waals surface area contributed by atoms with Gasteiger partial charge in [-0.3, -0.25) is 0 Å². The van der Waals surface area contributed by atoms with E-state index < -0.39 is 11.2 Å². The zero-order valence-electron chi connectivity index (χ0n) is 21.9. The summed E-state index contributed by atoms with van der Waals surface area (Å²) in [6.45, 7) is 11.2. The first-order valence-electron chi connectivity index (χ1n) is 14.3. The van der Waals surface area contributed by atoms with Crippen LogP contribution in [-0.2, 0) is 4.74 Å². The Kier molecular flexibility index (Phi) is 6.36. The first-order valence-corrected chi connectivity index (χ1v) is 14.3. The lowest BCUT2D eigenvalue weighted by Crippen LogP contribution is -2.52. The van der Waals surface area contributed by atoms with Gasteiger partial charge in [0, 0.05) is 6.61 Å². The summed E-state index contributed by atoms with van der Waals surface area (Å²) in [6, 6.07) is 0. The number of rotatable bonds is 5. The van der Waals surface area contributed by atoms with Gasteiger partial charge in [0.25, 0.3) is 0 Å². The van der Waals surface area contributed by atoms with Gasteiger partial charge in [-0.2, -0.15) is 0 Å². The van der Waals surface area contributed by atoms with Crippen molar-refractivity contribution >= 4 is 0 Å². The molecule has 1 saturated heterocycles. The van der Waals surface area contributed by atoms with Gasteiger partial charge in [0.05, 0.1) is 17.8 Å². The fourth-order valence-corrected chi connectivity index (χ4v) is 9.72. The van der Waals surface area contributed by atoms with Crippen LogP contribution < -0.4 is 0 Å². The van der Waals surface area contributed by atoms with E-state index in [0.29, 0.717) is 23.4 Å². The summed E-state index contributed by atoms with van der Waals surface area (Å²) < 4.78 is 5.61. The highest BCUT2D eigenvalue weighted by Crippen LogP contribution is 2.68. The second kappa shape index (κ2) is 8.63. The van der Waals surface area contributed by atoms with E-state index in [2.05, 4.69) is 33.8 Å². The number of fused-ring (bicyclic) bond motifs is 5. The van der Waals surface area contributed by atoms with Crippen molar-refractivity contribution in [1.82, 2.24) is 0 Å². The Morgan fingerprint density at radius 2 is 1.85 bits per heavy atom. The van der Waals surface area contributed by atoms with Gasteiger partial charge < -0.3 is 14.9 Å². The topological polar surface area (TPSA) is 49.7 Å². The fourth-order valence-electron chi connectivity index (χ4n) is 9.72. The average molecular weight is 459 g/mol. The van der Waals surface area contributed by atoms with Crippen molar-refractivity contribution in [2.45, 2.75) is 122 Å². The van der Waals surface area contributed by atoms with Crippen LogP contribution in [0.3, 0.4) is 0 Å². The lowest BCUT2D eigenvalue weighted by Gasteiger charge is -2.59. The third-order valence-electron chi connectivity index (χ3n) is 12.0. The Labute approximate surface area is 202 Å². The highest BCUT2D eigenvalue weighted by atomic mass is 16.5. The highest BCUT2D eigenvalue weighted by molar-refractivity contribution is 5.27. The number of ether oxygens (including phenoxy) is 1. The zero-order chi connectivity index (χ0) is 23.5. The Bertz CT molecular complexity index is 754. The first kappa shape index (κ1) is 24.3. The lowest BCUT2D eigenvalue weighted by atomic mass is 9.46. The van der Waals surface area contributed by atoms with Crippen LogP contribution in [0.2, 0.25) is 0 Å². The molecule has 3 saturated carbocycles. The molecule has 9 atom stereocenters. The first-order chi connectivity index (χ1) is 15.6. The number of hydrogen-bond donors (Lipinski definition) is 2. The minimum atomic E-state index is -0.580. The fraction of sp³-hybridized carbons (Fsp3) is 0.933. The maximum absolute atomic E-state index is 11.0. The van der Waals surface area contributed by atoms with Gasteiger partial charge in [-0.25, -0.2) is 0 Å². The smallest absolute Gasteiger partial charge is 0.0881 e. The van der Waals surface area contributed by atoms with Gasteiger partial charge in [-0.05, 0) is 124 Å². The van der Waals surface area contributed by atoms with E-state index >= 15 is 0 Å². The molecule has 0 aromatic heterocycles. The summed E-state index contributed by atoms with van der Waals surface area (Å²) in [6.07, 6.45) is 17.3. The summed E-state index contributed by atoms with van der Waals surface area (Å²) in [4.78, 5) is 0. The van der Waals surface area contributed by atoms with Gasteiger partial charge in [0.1, 0.15) is 0 Å². The minimum absolute atomic E-state index is 0.319. The van der Waals surface area contributed by atoms with Crippen LogP contribution in [0.5, 0.6) is 0 Å². The molecule has 5 rings (SSSR count). The molecule has 0 radical (unpaired) electrons. The maximum Gasteiger partial charge on any atom is 0.0881 e. The number of allylic oxidation sites excluding steroid dienone is 1. The molecule has 4 unspecified atom stereocenters. The van der Waals surface area contributed by atoms with Gasteiger partial charge in [-0.1, -0.05) is 39.3 Å². The Balaban J connectivity index is 1.29. The predicted octanol–water partition coefficient (Wildman–Crippen LogP) is 6.66. The van der Waals surface area contributed by atoms with Crippen LogP contribution in [0, 0.1) is 40.4 Å². The van der Waals surface area contributed by atoms with E-state index in [1.807, 2.05) is 0 Å². The normalized spacial score (nSPS) is 50.7. The quantitative estimate of drug-likeness (QED) is 0.453. The van der Waals surface area contributed by atoms with Gasteiger partial charge >= 0.3 is 0 Å². The molecule has 0 spiro atoms. The summed E-state index contributed by atoms with van der Waals surface area (Å²) >= 11 is 0. The Morgan fingerprint density at radius 3 is 2.58 bits per heavy atom. The summed E-state index contributed by atoms with van der Waals surface area (Å²) in [5, 5.41) is 22.0. The molecule has 5 aliphatic rings. The predicted molar refractivity (Wildman–Crippen MR) is 134 cm³/mol. The van der Waals surface area contributed by atoms with Crippen molar-refractivity contribution in [3.05, 3.63) is 11.6 Å². The third kappa shape index (κ3) is 4.06. The molecule has 4 fully saturated rings. The SMILES string of the molecule is CC[C@]1(O)CC[C@@]2(C)C(=CCC3C2CCC2(C)[C@@H]([C@H](C)CCC4(O)CCCOC4)CC[C@@H]32)C1. The number of aliphatic hydroxyl groups is 2. The molecule has 1 heterocycles. The molecule has 0 bridgehead atoms. The highest BCUT2D eigenvalue weighted by Gasteiger charge is 2.59. The minimum Gasteiger partial charge on any atom is -0.390 e. The van der Waals surface area contributed by atoms with Crippen molar-refractivity contribution in [2.24, 2.45) is 40.4 Å². The summed E-state index contributed by atoms with van der Waals surface area (Å²) in [5.74, 6) is 3.98. The van der Waals surface area contributed by atoms with Crippen LogP contribution >= 0.6 is 0 Å². The van der Waals surface area contributed by atoms with E-state index in [9.17, 15) is 10.2 Å². The second-order valence-corrected chi connectivity index (χ2v) is 13.6. The van der Waals surface area contributed by atoms with Crippen molar-refractivity contribution < 1.29 is 14.9 Å². The van der Waals surface area contributed by atoms with Gasteiger partial charge in [0.2, 0.25) is 0 Å². The van der Waals surface area contributed by atoms with E-state index in [1.165, 1.54) is 38.5 Å². The van der Waals surface area contributed by atoms with Gasteiger partial charge in [0.15, 0.2) is 0 Å². The van der Waals surface area contributed by atoms with Gasteiger partial charge in [-0.15, -0.1) is 0 Å². The standard InChI is InChI=1S/C30H50O3/c1-5-29(31)17-16-27(3)22(19-29)7-8-23-25-10-9-24(28(25,4)14-12-26(23)27)21(2)11-15-30(32)13-6-18-33-20-30/h7,21,23-26,31-32H,5-6,8-20H2,1-4H3/t21-,23?,24-,25+,26?,27+,28?,29+,30?/m1/s1. The maximum atomic E-state index is 11.0. The molecule has 0 aromatic rings. The summed E-state index contributed by atoms with van der Waals surface area (Å²) in [5.41, 5.74) is 1.34. The van der Waals surface area contributed by atoms with Crippen molar-refractivity contribution in [2.75, 3.05) is 13.2 Å². The van der Waals surface area contributed by atoms with E-state index in [-0.39, 0.29) is 0 Å². The third-order valence-corrected chi connectivity index (χ3v) is 12.0. The Hall–Kier alpha value is -0.380. The van der Waals surface area contributed by atoms with Crippen LogP contribution in [0.25, 0.3) is 0 Å². The number of hydrogen-bond acceptors (Lipinski definition) is 3. The molecule has 188 valence electrons. The van der Waals surface area contributed by atoms with E-state index in [1.54, 1.807) is 5.57 Å². The van der Waals surface area contributed by atoms with Crippen LogP contribution in [0.4, 0.5) is 0 Å². The molecule has 2 N–H and O–H groups in total. The van der Waals surface area contributed by atoms with E-state index in [0.717, 1.165) is 75.2 Å². The molecule has 4 aliphatic carbocycles. The van der Waals surface area contributed by atoms with Crippen molar-refractivity contribution in [3.63, 3.8) is 0 Å². The molecule has 33 heavy (non-hydrogen) atoms. The summed E-state index contributed by atoms with van der Waals surface area (Å²) in [7, 11) is 0. The molecule has 3 heteroatoms. The lowest BCUT2D eigenvalue weighted by molar-refractivity contribution is -0.0965. The van der Waals surface area contributed by atoms with E-state index in [4.69, 9.17) is 4.74 Å². The van der Waals surface area contributed by atoms with Crippen LogP contribution in [0.15, 0.2) is 11.6 Å². The molecular weight excluding hydrogens is 408 g/mol. The average Bonchev–Trinajstić information content (AvgIpc) is 3.16. The van der Waals surface area contributed by atoms with Crippen molar-refractivity contribution in [1.29, 1.82) is 0 Å². The van der Waals surface area contributed by atoms with Crippen LogP contribution in [0.1, 0.15) is 111 Å². The van der Waals surface area contributed by atoms with Crippen LogP contribution in [-0.4, -0.2) is 34.6 Å². The second-order valence-electron chi connectivity index (χ2n) is 13.6. The molecule has 0 aromatic carbocycles. The molecular formula is C30H50O3. The Morgan fingerprint density at radius 1 is 1.03 bits per heavy atom. The molecule has 3 nitrogen and oxygen atoms in total.